The average Bonchev–Trinajstić information content (AvgIpc) is 3.09. The molecule has 1 aromatic heterocycles. The Balaban J connectivity index is 1.86. The van der Waals surface area contributed by atoms with Gasteiger partial charge in [-0.25, -0.2) is 0 Å². The Bertz CT molecular complexity index is 704. The van der Waals surface area contributed by atoms with E-state index in [1.54, 1.807) is 0 Å². The Labute approximate surface area is 137 Å². The minimum absolute atomic E-state index is 0.0379. The van der Waals surface area contributed by atoms with Crippen LogP contribution in [0.5, 0.6) is 0 Å². The van der Waals surface area contributed by atoms with Gasteiger partial charge in [0, 0.05) is 22.9 Å². The predicted octanol–water partition coefficient (Wildman–Crippen LogP) is 3.68. The number of aryl methyl sites for hydroxylation is 1. The third kappa shape index (κ3) is 3.13. The van der Waals surface area contributed by atoms with E-state index >= 15 is 0 Å². The van der Waals surface area contributed by atoms with E-state index in [-0.39, 0.29) is 29.8 Å². The molecular formula is C19H26N2O2. The lowest BCUT2D eigenvalue weighted by atomic mass is 9.97. The van der Waals surface area contributed by atoms with E-state index in [1.165, 1.54) is 0 Å². The number of carbonyl (C=O) groups excluding carboxylic acids is 1. The van der Waals surface area contributed by atoms with Crippen LogP contribution in [0.2, 0.25) is 0 Å². The van der Waals surface area contributed by atoms with Gasteiger partial charge < -0.3 is 15.5 Å². The molecule has 0 aliphatic heterocycles. The maximum atomic E-state index is 12.6. The summed E-state index contributed by atoms with van der Waals surface area (Å²) in [5.74, 6) is 1.28. The van der Waals surface area contributed by atoms with Crippen molar-refractivity contribution in [3.05, 3.63) is 35.6 Å². The molecule has 2 aromatic rings. The van der Waals surface area contributed by atoms with E-state index in [4.69, 9.17) is 10.2 Å². The molecule has 3 unspecified atom stereocenters. The van der Waals surface area contributed by atoms with Crippen LogP contribution >= 0.6 is 0 Å². The highest BCUT2D eigenvalue weighted by Crippen LogP contribution is 2.33. The summed E-state index contributed by atoms with van der Waals surface area (Å²) in [7, 11) is 0. The largest absolute Gasteiger partial charge is 0.459 e. The molecule has 1 amide bonds. The Kier molecular flexibility index (Phi) is 4.44. The van der Waals surface area contributed by atoms with Crippen molar-refractivity contribution in [1.82, 2.24) is 5.32 Å². The van der Waals surface area contributed by atoms with Crippen molar-refractivity contribution >= 4 is 16.9 Å². The van der Waals surface area contributed by atoms with Crippen molar-refractivity contribution in [2.24, 2.45) is 17.6 Å². The summed E-state index contributed by atoms with van der Waals surface area (Å²) in [6.07, 6.45) is 2.61. The highest BCUT2D eigenvalue weighted by molar-refractivity contribution is 5.83. The SMILES string of the molecule is Cc1c(C(NC(=O)C2CCC(N)C2)C(C)C)oc2ccccc12. The van der Waals surface area contributed by atoms with E-state index in [0.29, 0.717) is 0 Å². The molecule has 3 N–H and O–H groups in total. The molecule has 1 aliphatic rings. The van der Waals surface area contributed by atoms with E-state index in [2.05, 4.69) is 32.2 Å². The molecule has 0 radical (unpaired) electrons. The van der Waals surface area contributed by atoms with Crippen molar-refractivity contribution in [3.63, 3.8) is 0 Å². The lowest BCUT2D eigenvalue weighted by molar-refractivity contribution is -0.126. The first-order valence-corrected chi connectivity index (χ1v) is 8.51. The Morgan fingerprint density at radius 1 is 1.30 bits per heavy atom. The van der Waals surface area contributed by atoms with Crippen LogP contribution < -0.4 is 11.1 Å². The van der Waals surface area contributed by atoms with Gasteiger partial charge >= 0.3 is 0 Å². The van der Waals surface area contributed by atoms with Gasteiger partial charge in [0.2, 0.25) is 5.91 Å². The van der Waals surface area contributed by atoms with Gasteiger partial charge in [0.15, 0.2) is 0 Å². The van der Waals surface area contributed by atoms with Gasteiger partial charge in [-0.05, 0) is 38.2 Å². The summed E-state index contributed by atoms with van der Waals surface area (Å²) in [5.41, 5.74) is 7.93. The van der Waals surface area contributed by atoms with Crippen LogP contribution in [0.3, 0.4) is 0 Å². The zero-order valence-electron chi connectivity index (χ0n) is 14.1. The molecule has 0 saturated heterocycles. The predicted molar refractivity (Wildman–Crippen MR) is 92.0 cm³/mol. The molecule has 4 heteroatoms. The zero-order valence-corrected chi connectivity index (χ0v) is 14.1. The van der Waals surface area contributed by atoms with E-state index in [9.17, 15) is 4.79 Å². The Hall–Kier alpha value is -1.81. The highest BCUT2D eigenvalue weighted by atomic mass is 16.3. The summed E-state index contributed by atoms with van der Waals surface area (Å²) in [4.78, 5) is 12.6. The fraction of sp³-hybridized carbons (Fsp3) is 0.526. The van der Waals surface area contributed by atoms with Gasteiger partial charge in [-0.3, -0.25) is 4.79 Å². The Morgan fingerprint density at radius 3 is 2.65 bits per heavy atom. The molecule has 4 nitrogen and oxygen atoms in total. The first kappa shape index (κ1) is 16.1. The molecule has 124 valence electrons. The molecule has 1 aliphatic carbocycles. The van der Waals surface area contributed by atoms with E-state index < -0.39 is 0 Å². The number of benzene rings is 1. The highest BCUT2D eigenvalue weighted by Gasteiger charge is 2.31. The summed E-state index contributed by atoms with van der Waals surface area (Å²) in [5, 5.41) is 4.32. The van der Waals surface area contributed by atoms with Crippen molar-refractivity contribution in [2.75, 3.05) is 0 Å². The third-order valence-electron chi connectivity index (χ3n) is 4.97. The normalized spacial score (nSPS) is 22.7. The maximum Gasteiger partial charge on any atom is 0.223 e. The minimum Gasteiger partial charge on any atom is -0.459 e. The van der Waals surface area contributed by atoms with Gasteiger partial charge in [0.1, 0.15) is 11.3 Å². The second-order valence-electron chi connectivity index (χ2n) is 7.09. The van der Waals surface area contributed by atoms with Crippen molar-refractivity contribution in [1.29, 1.82) is 0 Å². The van der Waals surface area contributed by atoms with Gasteiger partial charge in [-0.15, -0.1) is 0 Å². The number of hydrogen-bond acceptors (Lipinski definition) is 3. The van der Waals surface area contributed by atoms with Crippen LogP contribution in [0.4, 0.5) is 0 Å². The van der Waals surface area contributed by atoms with E-state index in [0.717, 1.165) is 41.6 Å². The van der Waals surface area contributed by atoms with Gasteiger partial charge in [-0.1, -0.05) is 32.0 Å². The second-order valence-corrected chi connectivity index (χ2v) is 7.09. The van der Waals surface area contributed by atoms with Crippen molar-refractivity contribution < 1.29 is 9.21 Å². The van der Waals surface area contributed by atoms with Crippen molar-refractivity contribution in [3.8, 4) is 0 Å². The number of hydrogen-bond donors (Lipinski definition) is 2. The molecule has 23 heavy (non-hydrogen) atoms. The van der Waals surface area contributed by atoms with Crippen LogP contribution in [-0.2, 0) is 4.79 Å². The molecule has 1 saturated carbocycles. The second kappa shape index (κ2) is 6.36. The molecule has 3 rings (SSSR count). The number of furan rings is 1. The molecule has 1 heterocycles. The molecule has 3 atom stereocenters. The van der Waals surface area contributed by atoms with Gasteiger partial charge in [0.05, 0.1) is 6.04 Å². The fourth-order valence-electron chi connectivity index (χ4n) is 3.55. The summed E-state index contributed by atoms with van der Waals surface area (Å²) in [6, 6.07) is 8.08. The molecule has 1 aromatic carbocycles. The van der Waals surface area contributed by atoms with Crippen LogP contribution in [0.25, 0.3) is 11.0 Å². The monoisotopic (exact) mass is 314 g/mol. The summed E-state index contributed by atoms with van der Waals surface area (Å²) >= 11 is 0. The number of nitrogens with one attached hydrogen (secondary N) is 1. The summed E-state index contributed by atoms with van der Waals surface area (Å²) < 4.78 is 6.07. The number of rotatable bonds is 4. The van der Waals surface area contributed by atoms with Crippen molar-refractivity contribution in [2.45, 2.75) is 52.1 Å². The minimum atomic E-state index is -0.105. The first-order valence-electron chi connectivity index (χ1n) is 8.51. The first-order chi connectivity index (χ1) is 11.0. The average molecular weight is 314 g/mol. The smallest absolute Gasteiger partial charge is 0.223 e. The van der Waals surface area contributed by atoms with Gasteiger partial charge in [-0.2, -0.15) is 0 Å². The van der Waals surface area contributed by atoms with Crippen LogP contribution in [0.1, 0.15) is 50.5 Å². The Morgan fingerprint density at radius 2 is 2.04 bits per heavy atom. The number of carbonyl (C=O) groups is 1. The lowest BCUT2D eigenvalue weighted by Gasteiger charge is -2.23. The molecular weight excluding hydrogens is 288 g/mol. The topological polar surface area (TPSA) is 68.3 Å². The third-order valence-corrected chi connectivity index (χ3v) is 4.97. The fourth-order valence-corrected chi connectivity index (χ4v) is 3.55. The lowest BCUT2D eigenvalue weighted by Crippen LogP contribution is -2.36. The maximum absolute atomic E-state index is 12.6. The molecule has 0 spiro atoms. The number of amides is 1. The summed E-state index contributed by atoms with van der Waals surface area (Å²) in [6.45, 7) is 6.28. The van der Waals surface area contributed by atoms with E-state index in [1.807, 2.05) is 18.2 Å². The quantitative estimate of drug-likeness (QED) is 0.904. The standard InChI is InChI=1S/C19H26N2O2/c1-11(2)17(21-19(22)13-8-9-14(20)10-13)18-12(3)15-6-4-5-7-16(15)23-18/h4-7,11,13-14,17H,8-10,20H2,1-3H3,(H,21,22). The number of fused-ring (bicyclic) bond motifs is 1. The number of nitrogens with two attached hydrogens (primary N) is 1. The van der Waals surface area contributed by atoms with Crippen LogP contribution in [0.15, 0.2) is 28.7 Å². The van der Waals surface area contributed by atoms with Crippen LogP contribution in [0, 0.1) is 18.8 Å². The van der Waals surface area contributed by atoms with Crippen LogP contribution in [-0.4, -0.2) is 11.9 Å². The number of para-hydroxylation sites is 1. The zero-order chi connectivity index (χ0) is 16.6. The molecule has 1 fully saturated rings. The molecule has 0 bridgehead atoms. The van der Waals surface area contributed by atoms with Gasteiger partial charge in [0.25, 0.3) is 0 Å².